The lowest BCUT2D eigenvalue weighted by Gasteiger charge is -2.13. The van der Waals surface area contributed by atoms with Crippen molar-refractivity contribution in [2.75, 3.05) is 17.0 Å². The minimum absolute atomic E-state index is 0.560. The number of hydrazine groups is 2. The van der Waals surface area contributed by atoms with E-state index in [1.54, 1.807) is 0 Å². The third-order valence-electron chi connectivity index (χ3n) is 1.77. The van der Waals surface area contributed by atoms with Crippen molar-refractivity contribution in [3.8, 4) is 12.3 Å². The normalized spacial score (nSPS) is 13.4. The number of terminal acetylenes is 1. The smallest absolute Gasteiger partial charge is 0.0968 e. The van der Waals surface area contributed by atoms with Gasteiger partial charge in [0.25, 0.3) is 0 Å². The SMILES string of the molecule is C#CCN1NNc2ccccc21. The summed E-state index contributed by atoms with van der Waals surface area (Å²) in [5.74, 6) is 2.57. The minimum Gasteiger partial charge on any atom is -0.302 e. The summed E-state index contributed by atoms with van der Waals surface area (Å²) >= 11 is 0. The molecule has 1 aromatic carbocycles. The Kier molecular flexibility index (Phi) is 1.61. The van der Waals surface area contributed by atoms with Crippen molar-refractivity contribution in [3.63, 3.8) is 0 Å². The summed E-state index contributed by atoms with van der Waals surface area (Å²) in [6.07, 6.45) is 5.21. The van der Waals surface area contributed by atoms with Crippen LogP contribution < -0.4 is 16.0 Å². The van der Waals surface area contributed by atoms with Gasteiger partial charge in [-0.2, -0.15) is 0 Å². The summed E-state index contributed by atoms with van der Waals surface area (Å²) in [7, 11) is 0. The van der Waals surface area contributed by atoms with Crippen LogP contribution in [0.1, 0.15) is 0 Å². The molecule has 12 heavy (non-hydrogen) atoms. The van der Waals surface area contributed by atoms with Crippen molar-refractivity contribution in [1.29, 1.82) is 0 Å². The second-order valence-corrected chi connectivity index (χ2v) is 2.54. The first-order valence-electron chi connectivity index (χ1n) is 3.73. The van der Waals surface area contributed by atoms with E-state index in [1.807, 2.05) is 29.3 Å². The molecule has 1 aliphatic heterocycles. The fourth-order valence-electron chi connectivity index (χ4n) is 1.22. The predicted octanol–water partition coefficient (Wildman–Crippen LogP) is 0.971. The summed E-state index contributed by atoms with van der Waals surface area (Å²) in [6, 6.07) is 7.97. The van der Waals surface area contributed by atoms with Gasteiger partial charge < -0.3 is 5.43 Å². The highest BCUT2D eigenvalue weighted by atomic mass is 15.7. The molecule has 0 spiro atoms. The molecule has 1 heterocycles. The quantitative estimate of drug-likeness (QED) is 0.598. The van der Waals surface area contributed by atoms with E-state index in [9.17, 15) is 0 Å². The number of hydrogen-bond acceptors (Lipinski definition) is 3. The first-order chi connectivity index (χ1) is 5.92. The molecule has 60 valence electrons. The number of benzene rings is 1. The van der Waals surface area contributed by atoms with Crippen LogP contribution >= 0.6 is 0 Å². The van der Waals surface area contributed by atoms with E-state index < -0.39 is 0 Å². The van der Waals surface area contributed by atoms with Gasteiger partial charge >= 0.3 is 0 Å². The third-order valence-corrected chi connectivity index (χ3v) is 1.77. The molecule has 2 N–H and O–H groups in total. The van der Waals surface area contributed by atoms with E-state index in [2.05, 4.69) is 16.9 Å². The van der Waals surface area contributed by atoms with Crippen molar-refractivity contribution in [2.45, 2.75) is 0 Å². The maximum absolute atomic E-state index is 5.21. The maximum atomic E-state index is 5.21. The Morgan fingerprint density at radius 3 is 3.08 bits per heavy atom. The lowest BCUT2D eigenvalue weighted by molar-refractivity contribution is 0.786. The van der Waals surface area contributed by atoms with Gasteiger partial charge in [0.1, 0.15) is 0 Å². The average Bonchev–Trinajstić information content (AvgIpc) is 2.50. The highest BCUT2D eigenvalue weighted by molar-refractivity contribution is 5.72. The van der Waals surface area contributed by atoms with Gasteiger partial charge in [0, 0.05) is 0 Å². The van der Waals surface area contributed by atoms with Crippen molar-refractivity contribution < 1.29 is 0 Å². The van der Waals surface area contributed by atoms with Gasteiger partial charge in [-0.25, -0.2) is 0 Å². The van der Waals surface area contributed by atoms with Crippen LogP contribution in [0.25, 0.3) is 0 Å². The third kappa shape index (κ3) is 0.987. The summed E-state index contributed by atoms with van der Waals surface area (Å²) < 4.78 is 0. The van der Waals surface area contributed by atoms with E-state index in [0.29, 0.717) is 6.54 Å². The molecular formula is C9H9N3. The first kappa shape index (κ1) is 7.01. The molecule has 0 aliphatic carbocycles. The zero-order valence-electron chi connectivity index (χ0n) is 6.54. The number of hydrogen-bond donors (Lipinski definition) is 2. The van der Waals surface area contributed by atoms with Crippen molar-refractivity contribution >= 4 is 11.4 Å². The van der Waals surface area contributed by atoms with Crippen LogP contribution in [0.5, 0.6) is 0 Å². The van der Waals surface area contributed by atoms with Crippen LogP contribution in [0.2, 0.25) is 0 Å². The molecule has 0 saturated carbocycles. The summed E-state index contributed by atoms with van der Waals surface area (Å²) in [4.78, 5) is 0. The molecule has 0 radical (unpaired) electrons. The number of anilines is 2. The van der Waals surface area contributed by atoms with E-state index in [4.69, 9.17) is 6.42 Å². The second kappa shape index (κ2) is 2.76. The number of fused-ring (bicyclic) bond motifs is 1. The van der Waals surface area contributed by atoms with E-state index >= 15 is 0 Å². The fourth-order valence-corrected chi connectivity index (χ4v) is 1.22. The van der Waals surface area contributed by atoms with Crippen molar-refractivity contribution in [3.05, 3.63) is 24.3 Å². The number of rotatable bonds is 1. The van der Waals surface area contributed by atoms with Gasteiger partial charge in [-0.05, 0) is 12.1 Å². The van der Waals surface area contributed by atoms with Crippen LogP contribution in [0.15, 0.2) is 24.3 Å². The lowest BCUT2D eigenvalue weighted by Crippen LogP contribution is -2.36. The summed E-state index contributed by atoms with van der Waals surface area (Å²) in [5.41, 5.74) is 8.13. The number of nitrogens with one attached hydrogen (secondary N) is 2. The summed E-state index contributed by atoms with van der Waals surface area (Å²) in [5, 5.41) is 1.88. The molecule has 1 aromatic rings. The van der Waals surface area contributed by atoms with Gasteiger partial charge in [-0.15, -0.1) is 12.0 Å². The topological polar surface area (TPSA) is 27.3 Å². The molecule has 0 atom stereocenters. The molecule has 0 saturated heterocycles. The molecule has 3 heteroatoms. The van der Waals surface area contributed by atoms with Gasteiger partial charge in [-0.3, -0.25) is 5.01 Å². The zero-order chi connectivity index (χ0) is 8.39. The molecule has 0 fully saturated rings. The van der Waals surface area contributed by atoms with E-state index in [0.717, 1.165) is 11.4 Å². The van der Waals surface area contributed by atoms with Crippen LogP contribution in [-0.2, 0) is 0 Å². The van der Waals surface area contributed by atoms with E-state index in [1.165, 1.54) is 0 Å². The molecule has 0 amide bonds. The Morgan fingerprint density at radius 2 is 2.25 bits per heavy atom. The van der Waals surface area contributed by atoms with Gasteiger partial charge in [0.05, 0.1) is 17.9 Å². The first-order valence-corrected chi connectivity index (χ1v) is 3.73. The molecule has 0 bridgehead atoms. The lowest BCUT2D eigenvalue weighted by atomic mass is 10.3. The zero-order valence-corrected chi connectivity index (χ0v) is 6.54. The number of nitrogens with zero attached hydrogens (tertiary/aromatic N) is 1. The Bertz CT molecular complexity index is 327. The fraction of sp³-hybridized carbons (Fsp3) is 0.111. The van der Waals surface area contributed by atoms with Crippen LogP contribution in [0.3, 0.4) is 0 Å². The van der Waals surface area contributed by atoms with Crippen LogP contribution in [0, 0.1) is 12.3 Å². The van der Waals surface area contributed by atoms with Crippen LogP contribution in [0.4, 0.5) is 11.4 Å². The Morgan fingerprint density at radius 1 is 1.42 bits per heavy atom. The molecule has 1 aliphatic rings. The molecule has 0 unspecified atom stereocenters. The predicted molar refractivity (Wildman–Crippen MR) is 49.4 cm³/mol. The molecular weight excluding hydrogens is 150 g/mol. The Hall–Kier alpha value is -1.66. The number of para-hydroxylation sites is 2. The monoisotopic (exact) mass is 159 g/mol. The molecule has 3 nitrogen and oxygen atoms in total. The van der Waals surface area contributed by atoms with E-state index in [-0.39, 0.29) is 0 Å². The largest absolute Gasteiger partial charge is 0.302 e. The van der Waals surface area contributed by atoms with Crippen LogP contribution in [-0.4, -0.2) is 6.54 Å². The standard InChI is InChI=1S/C9H9N3/c1-2-7-12-9-6-4-3-5-8(9)10-11-12/h1,3-6,10-11H,7H2. The maximum Gasteiger partial charge on any atom is 0.0968 e. The second-order valence-electron chi connectivity index (χ2n) is 2.54. The van der Waals surface area contributed by atoms with Crippen molar-refractivity contribution in [1.82, 2.24) is 5.53 Å². The Labute approximate surface area is 71.3 Å². The average molecular weight is 159 g/mol. The Balaban J connectivity index is 2.31. The van der Waals surface area contributed by atoms with Crippen molar-refractivity contribution in [2.24, 2.45) is 0 Å². The van der Waals surface area contributed by atoms with Gasteiger partial charge in [0.2, 0.25) is 0 Å². The molecule has 0 aromatic heterocycles. The van der Waals surface area contributed by atoms with Gasteiger partial charge in [0.15, 0.2) is 0 Å². The van der Waals surface area contributed by atoms with Gasteiger partial charge in [-0.1, -0.05) is 18.1 Å². The highest BCUT2D eigenvalue weighted by Gasteiger charge is 2.15. The highest BCUT2D eigenvalue weighted by Crippen LogP contribution is 2.27. The summed E-state index contributed by atoms with van der Waals surface area (Å²) in [6.45, 7) is 0.560. The molecule has 2 rings (SSSR count). The minimum atomic E-state index is 0.560.